The van der Waals surface area contributed by atoms with Gasteiger partial charge in [-0.15, -0.1) is 0 Å². The van der Waals surface area contributed by atoms with Crippen LogP contribution in [0.25, 0.3) is 0 Å². The first-order chi connectivity index (χ1) is 8.45. The summed E-state index contributed by atoms with van der Waals surface area (Å²) in [6, 6.07) is 5.12. The maximum absolute atomic E-state index is 11.8. The number of anilines is 1. The zero-order valence-electron chi connectivity index (χ0n) is 10.9. The molecule has 5 heteroatoms. The minimum Gasteiger partial charge on any atom is -0.366 e. The molecule has 1 rings (SSSR count). The van der Waals surface area contributed by atoms with Gasteiger partial charge in [-0.25, -0.2) is 0 Å². The van der Waals surface area contributed by atoms with Crippen LogP contribution in [-0.2, 0) is 4.79 Å². The van der Waals surface area contributed by atoms with E-state index in [0.29, 0.717) is 17.8 Å². The average molecular weight is 249 g/mol. The van der Waals surface area contributed by atoms with Crippen LogP contribution in [0.1, 0.15) is 22.8 Å². The first-order valence-electron chi connectivity index (χ1n) is 5.81. The van der Waals surface area contributed by atoms with E-state index in [-0.39, 0.29) is 11.8 Å². The van der Waals surface area contributed by atoms with Crippen LogP contribution in [-0.4, -0.2) is 25.4 Å². The fourth-order valence-electron chi connectivity index (χ4n) is 1.63. The molecule has 0 aliphatic carbocycles. The summed E-state index contributed by atoms with van der Waals surface area (Å²) in [5.41, 5.74) is 7.07. The monoisotopic (exact) mass is 249 g/mol. The molecule has 0 aromatic heterocycles. The van der Waals surface area contributed by atoms with Crippen LogP contribution in [0, 0.1) is 12.8 Å². The number of amides is 2. The smallest absolute Gasteiger partial charge is 0.249 e. The van der Waals surface area contributed by atoms with Gasteiger partial charge in [0.05, 0.1) is 0 Å². The fraction of sp³-hybridized carbons (Fsp3) is 0.385. The summed E-state index contributed by atoms with van der Waals surface area (Å²) in [5, 5.41) is 5.70. The van der Waals surface area contributed by atoms with Gasteiger partial charge >= 0.3 is 0 Å². The molecule has 5 nitrogen and oxygen atoms in total. The standard InChI is InChI=1S/C13H19N3O2/c1-8-4-5-10(6-11(8)12(14)17)16-13(18)9(2)7-15-3/h4-6,9,15H,7H2,1-3H3,(H2,14,17)(H,16,18). The molecule has 0 bridgehead atoms. The van der Waals surface area contributed by atoms with E-state index in [9.17, 15) is 9.59 Å². The molecule has 2 amide bonds. The van der Waals surface area contributed by atoms with Crippen molar-refractivity contribution in [1.82, 2.24) is 5.32 Å². The SMILES string of the molecule is CNCC(C)C(=O)Nc1ccc(C)c(C(N)=O)c1. The number of hydrogen-bond donors (Lipinski definition) is 3. The van der Waals surface area contributed by atoms with Crippen molar-refractivity contribution in [2.75, 3.05) is 18.9 Å². The molecule has 0 fully saturated rings. The molecule has 1 atom stereocenters. The predicted molar refractivity (Wildman–Crippen MR) is 71.4 cm³/mol. The lowest BCUT2D eigenvalue weighted by molar-refractivity contribution is -0.119. The normalized spacial score (nSPS) is 11.9. The Morgan fingerprint density at radius 2 is 2.06 bits per heavy atom. The van der Waals surface area contributed by atoms with Crippen LogP contribution in [0.2, 0.25) is 0 Å². The summed E-state index contributed by atoms with van der Waals surface area (Å²) < 4.78 is 0. The van der Waals surface area contributed by atoms with Crippen molar-refractivity contribution in [3.63, 3.8) is 0 Å². The molecule has 0 radical (unpaired) electrons. The average Bonchev–Trinajstić information content (AvgIpc) is 2.31. The molecule has 0 saturated heterocycles. The Bertz CT molecular complexity index is 458. The topological polar surface area (TPSA) is 84.2 Å². The van der Waals surface area contributed by atoms with E-state index < -0.39 is 5.91 Å². The number of carbonyl (C=O) groups excluding carboxylic acids is 2. The van der Waals surface area contributed by atoms with E-state index in [0.717, 1.165) is 5.56 Å². The van der Waals surface area contributed by atoms with Crippen LogP contribution in [0.5, 0.6) is 0 Å². The van der Waals surface area contributed by atoms with Crippen LogP contribution < -0.4 is 16.4 Å². The van der Waals surface area contributed by atoms with Crippen LogP contribution >= 0.6 is 0 Å². The first-order valence-corrected chi connectivity index (χ1v) is 5.81. The van der Waals surface area contributed by atoms with Crippen molar-refractivity contribution in [1.29, 1.82) is 0 Å². The number of nitrogens with one attached hydrogen (secondary N) is 2. The third-order valence-corrected chi connectivity index (χ3v) is 2.73. The van der Waals surface area contributed by atoms with Crippen molar-refractivity contribution in [3.8, 4) is 0 Å². The number of nitrogens with two attached hydrogens (primary N) is 1. The van der Waals surface area contributed by atoms with Crippen molar-refractivity contribution >= 4 is 17.5 Å². The molecular weight excluding hydrogens is 230 g/mol. The van der Waals surface area contributed by atoms with Crippen LogP contribution in [0.4, 0.5) is 5.69 Å². The molecule has 0 spiro atoms. The highest BCUT2D eigenvalue weighted by Crippen LogP contribution is 2.15. The van der Waals surface area contributed by atoms with Gasteiger partial charge in [-0.2, -0.15) is 0 Å². The molecule has 4 N–H and O–H groups in total. The van der Waals surface area contributed by atoms with Gasteiger partial charge in [0.2, 0.25) is 11.8 Å². The second-order valence-electron chi connectivity index (χ2n) is 4.34. The maximum Gasteiger partial charge on any atom is 0.249 e. The van der Waals surface area contributed by atoms with Gasteiger partial charge in [-0.1, -0.05) is 13.0 Å². The van der Waals surface area contributed by atoms with Gasteiger partial charge in [-0.05, 0) is 31.7 Å². The number of primary amides is 1. The van der Waals surface area contributed by atoms with Crippen molar-refractivity contribution in [2.24, 2.45) is 11.7 Å². The second kappa shape index (κ2) is 6.16. The molecule has 0 heterocycles. The predicted octanol–water partition coefficient (Wildman–Crippen LogP) is 0.888. The number of aryl methyl sites for hydroxylation is 1. The number of rotatable bonds is 5. The molecule has 1 aromatic carbocycles. The van der Waals surface area contributed by atoms with E-state index in [1.165, 1.54) is 0 Å². The van der Waals surface area contributed by atoms with Gasteiger partial charge in [0, 0.05) is 23.7 Å². The number of hydrogen-bond acceptors (Lipinski definition) is 3. The molecule has 0 aliphatic heterocycles. The van der Waals surface area contributed by atoms with Gasteiger partial charge in [-0.3, -0.25) is 9.59 Å². The lowest BCUT2D eigenvalue weighted by Crippen LogP contribution is -2.28. The van der Waals surface area contributed by atoms with Gasteiger partial charge in [0.1, 0.15) is 0 Å². The van der Waals surface area contributed by atoms with E-state index in [1.807, 2.05) is 6.92 Å². The summed E-state index contributed by atoms with van der Waals surface area (Å²) in [5.74, 6) is -0.733. The minimum absolute atomic E-state index is 0.0939. The Morgan fingerprint density at radius 3 is 2.61 bits per heavy atom. The van der Waals surface area contributed by atoms with E-state index in [4.69, 9.17) is 5.73 Å². The zero-order chi connectivity index (χ0) is 13.7. The minimum atomic E-state index is -0.494. The number of benzene rings is 1. The number of carbonyl (C=O) groups is 2. The van der Waals surface area contributed by atoms with Gasteiger partial charge < -0.3 is 16.4 Å². The quantitative estimate of drug-likeness (QED) is 0.724. The molecule has 0 saturated carbocycles. The summed E-state index contributed by atoms with van der Waals surface area (Å²) >= 11 is 0. The Morgan fingerprint density at radius 1 is 1.39 bits per heavy atom. The highest BCUT2D eigenvalue weighted by Gasteiger charge is 2.13. The summed E-state index contributed by atoms with van der Waals surface area (Å²) in [7, 11) is 1.79. The van der Waals surface area contributed by atoms with Crippen LogP contribution in [0.3, 0.4) is 0 Å². The third kappa shape index (κ3) is 3.56. The lowest BCUT2D eigenvalue weighted by Gasteiger charge is -2.12. The van der Waals surface area contributed by atoms with Crippen molar-refractivity contribution < 1.29 is 9.59 Å². The maximum atomic E-state index is 11.8. The van der Waals surface area contributed by atoms with Crippen molar-refractivity contribution in [3.05, 3.63) is 29.3 Å². The first kappa shape index (κ1) is 14.2. The Kier molecular flexibility index (Phi) is 4.85. The Balaban J connectivity index is 2.82. The zero-order valence-corrected chi connectivity index (χ0v) is 10.9. The molecule has 1 unspecified atom stereocenters. The summed E-state index contributed by atoms with van der Waals surface area (Å²) in [6.45, 7) is 4.23. The lowest BCUT2D eigenvalue weighted by atomic mass is 10.1. The van der Waals surface area contributed by atoms with Gasteiger partial charge in [0.25, 0.3) is 0 Å². The van der Waals surface area contributed by atoms with Crippen molar-refractivity contribution in [2.45, 2.75) is 13.8 Å². The molecule has 1 aromatic rings. The van der Waals surface area contributed by atoms with Gasteiger partial charge in [0.15, 0.2) is 0 Å². The molecule has 0 aliphatic rings. The fourth-order valence-corrected chi connectivity index (χ4v) is 1.63. The third-order valence-electron chi connectivity index (χ3n) is 2.73. The largest absolute Gasteiger partial charge is 0.366 e. The van der Waals surface area contributed by atoms with Crippen LogP contribution in [0.15, 0.2) is 18.2 Å². The van der Waals surface area contributed by atoms with E-state index in [2.05, 4.69) is 10.6 Å². The Hall–Kier alpha value is -1.88. The van der Waals surface area contributed by atoms with E-state index in [1.54, 1.807) is 32.2 Å². The summed E-state index contributed by atoms with van der Waals surface area (Å²) in [6.07, 6.45) is 0. The molecule has 18 heavy (non-hydrogen) atoms. The highest BCUT2D eigenvalue weighted by molar-refractivity contribution is 5.97. The molecule has 98 valence electrons. The molecular formula is C13H19N3O2. The second-order valence-corrected chi connectivity index (χ2v) is 4.34. The Labute approximate surface area is 107 Å². The summed E-state index contributed by atoms with van der Waals surface area (Å²) in [4.78, 5) is 23.0. The highest BCUT2D eigenvalue weighted by atomic mass is 16.2. The van der Waals surface area contributed by atoms with E-state index >= 15 is 0 Å².